The van der Waals surface area contributed by atoms with Gasteiger partial charge in [-0.25, -0.2) is 4.98 Å². The highest BCUT2D eigenvalue weighted by atomic mass is 16.5. The van der Waals surface area contributed by atoms with E-state index in [-0.39, 0.29) is 5.56 Å². The fourth-order valence-electron chi connectivity index (χ4n) is 2.65. The van der Waals surface area contributed by atoms with Gasteiger partial charge in [-0.15, -0.1) is 0 Å². The van der Waals surface area contributed by atoms with Crippen LogP contribution in [0.15, 0.2) is 10.9 Å². The second-order valence-corrected chi connectivity index (χ2v) is 5.52. The van der Waals surface area contributed by atoms with Crippen LogP contribution in [0.4, 0.5) is 0 Å². The van der Waals surface area contributed by atoms with E-state index in [1.807, 2.05) is 0 Å². The lowest BCUT2D eigenvalue weighted by Crippen LogP contribution is -2.46. The molecule has 0 bridgehead atoms. The molecule has 6 nitrogen and oxygen atoms in total. The standard InChI is InChI=1S/C14H24N4O2/c1-11(18-4-6-20-7-5-18)9-17(3)10-13-8-14(19)16-12(2)15-13/h8,11H,4-7,9-10H2,1-3H3,(H,15,16,19). The summed E-state index contributed by atoms with van der Waals surface area (Å²) in [6.45, 7) is 9.33. The van der Waals surface area contributed by atoms with Gasteiger partial charge < -0.3 is 9.72 Å². The monoisotopic (exact) mass is 280 g/mol. The first kappa shape index (κ1) is 15.2. The third-order valence-corrected chi connectivity index (χ3v) is 3.59. The van der Waals surface area contributed by atoms with E-state index in [4.69, 9.17) is 4.74 Å². The van der Waals surface area contributed by atoms with Gasteiger partial charge in [0.05, 0.1) is 18.9 Å². The number of hydrogen-bond donors (Lipinski definition) is 1. The average Bonchev–Trinajstić information content (AvgIpc) is 2.38. The number of nitrogens with one attached hydrogen (secondary N) is 1. The minimum atomic E-state index is -0.0814. The molecule has 20 heavy (non-hydrogen) atoms. The Morgan fingerprint density at radius 1 is 1.50 bits per heavy atom. The van der Waals surface area contributed by atoms with Crippen molar-refractivity contribution in [2.45, 2.75) is 26.4 Å². The van der Waals surface area contributed by atoms with Crippen molar-refractivity contribution in [3.63, 3.8) is 0 Å². The summed E-state index contributed by atoms with van der Waals surface area (Å²) in [4.78, 5) is 23.1. The lowest BCUT2D eigenvalue weighted by Gasteiger charge is -2.34. The van der Waals surface area contributed by atoms with Crippen LogP contribution >= 0.6 is 0 Å². The largest absolute Gasteiger partial charge is 0.379 e. The van der Waals surface area contributed by atoms with Crippen LogP contribution in [0, 0.1) is 6.92 Å². The number of H-pyrrole nitrogens is 1. The van der Waals surface area contributed by atoms with Gasteiger partial charge in [0.15, 0.2) is 0 Å². The predicted octanol–water partition coefficient (Wildman–Crippen LogP) is 0.231. The van der Waals surface area contributed by atoms with Gasteiger partial charge >= 0.3 is 0 Å². The molecule has 0 spiro atoms. The minimum Gasteiger partial charge on any atom is -0.379 e. The molecular weight excluding hydrogens is 256 g/mol. The molecular formula is C14H24N4O2. The predicted molar refractivity (Wildman–Crippen MR) is 77.8 cm³/mol. The number of ether oxygens (including phenoxy) is 1. The van der Waals surface area contributed by atoms with E-state index in [2.05, 4.69) is 33.7 Å². The van der Waals surface area contributed by atoms with E-state index >= 15 is 0 Å². The first-order chi connectivity index (χ1) is 9.54. The lowest BCUT2D eigenvalue weighted by molar-refractivity contribution is 0.0136. The molecule has 1 N–H and O–H groups in total. The molecule has 1 aliphatic rings. The number of aromatic nitrogens is 2. The first-order valence-electron chi connectivity index (χ1n) is 7.12. The van der Waals surface area contributed by atoms with E-state index in [1.165, 1.54) is 0 Å². The van der Waals surface area contributed by atoms with Gasteiger partial charge in [0.1, 0.15) is 5.82 Å². The summed E-state index contributed by atoms with van der Waals surface area (Å²) >= 11 is 0. The van der Waals surface area contributed by atoms with Crippen molar-refractivity contribution in [2.75, 3.05) is 39.9 Å². The van der Waals surface area contributed by atoms with Crippen LogP contribution in [0.2, 0.25) is 0 Å². The van der Waals surface area contributed by atoms with Gasteiger partial charge in [-0.3, -0.25) is 14.6 Å². The Labute approximate surface area is 119 Å². The molecule has 0 aromatic carbocycles. The van der Waals surface area contributed by atoms with Gasteiger partial charge in [0.2, 0.25) is 0 Å². The molecule has 1 atom stereocenters. The average molecular weight is 280 g/mol. The summed E-state index contributed by atoms with van der Waals surface area (Å²) in [5, 5.41) is 0. The van der Waals surface area contributed by atoms with Crippen LogP contribution in [0.25, 0.3) is 0 Å². The lowest BCUT2D eigenvalue weighted by atomic mass is 10.2. The molecule has 1 aromatic heterocycles. The van der Waals surface area contributed by atoms with Crippen LogP contribution < -0.4 is 5.56 Å². The highest BCUT2D eigenvalue weighted by Crippen LogP contribution is 2.06. The molecule has 6 heteroatoms. The topological polar surface area (TPSA) is 61.5 Å². The summed E-state index contributed by atoms with van der Waals surface area (Å²) in [5.74, 6) is 0.669. The van der Waals surface area contributed by atoms with Crippen LogP contribution in [-0.2, 0) is 11.3 Å². The van der Waals surface area contributed by atoms with Gasteiger partial charge in [-0.1, -0.05) is 0 Å². The summed E-state index contributed by atoms with van der Waals surface area (Å²) < 4.78 is 5.37. The molecule has 112 valence electrons. The number of hydrogen-bond acceptors (Lipinski definition) is 5. The number of rotatable bonds is 5. The molecule has 0 aliphatic carbocycles. The summed E-state index contributed by atoms with van der Waals surface area (Å²) in [6, 6.07) is 2.05. The molecule has 0 saturated carbocycles. The van der Waals surface area contributed by atoms with Crippen molar-refractivity contribution in [3.05, 3.63) is 27.9 Å². The number of morpholine rings is 1. The normalized spacial score (nSPS) is 18.4. The SMILES string of the molecule is Cc1nc(CN(C)CC(C)N2CCOCC2)cc(=O)[nH]1. The summed E-state index contributed by atoms with van der Waals surface area (Å²) in [7, 11) is 2.06. The molecule has 0 amide bonds. The fourth-order valence-corrected chi connectivity index (χ4v) is 2.65. The molecule has 1 aromatic rings. The zero-order chi connectivity index (χ0) is 14.5. The van der Waals surface area contributed by atoms with Gasteiger partial charge in [0, 0.05) is 38.3 Å². The Hall–Kier alpha value is -1.24. The molecule has 0 radical (unpaired) electrons. The van der Waals surface area contributed by atoms with Gasteiger partial charge in [0.25, 0.3) is 5.56 Å². The van der Waals surface area contributed by atoms with Crippen molar-refractivity contribution in [3.8, 4) is 0 Å². The number of nitrogens with zero attached hydrogens (tertiary/aromatic N) is 3. The fraction of sp³-hybridized carbons (Fsp3) is 0.714. The van der Waals surface area contributed by atoms with E-state index < -0.39 is 0 Å². The van der Waals surface area contributed by atoms with Crippen LogP contribution in [0.3, 0.4) is 0 Å². The third-order valence-electron chi connectivity index (χ3n) is 3.59. The Kier molecular flexibility index (Phi) is 5.28. The van der Waals surface area contributed by atoms with E-state index in [9.17, 15) is 4.79 Å². The van der Waals surface area contributed by atoms with Crippen molar-refractivity contribution in [1.82, 2.24) is 19.8 Å². The molecule has 1 saturated heterocycles. The molecule has 2 rings (SSSR count). The third kappa shape index (κ3) is 4.40. The minimum absolute atomic E-state index is 0.0814. The smallest absolute Gasteiger partial charge is 0.251 e. The van der Waals surface area contributed by atoms with Crippen molar-refractivity contribution in [1.29, 1.82) is 0 Å². The van der Waals surface area contributed by atoms with Crippen molar-refractivity contribution < 1.29 is 4.74 Å². The Morgan fingerprint density at radius 2 is 2.20 bits per heavy atom. The Bertz CT molecular complexity index is 482. The van der Waals surface area contributed by atoms with Gasteiger partial charge in [-0.2, -0.15) is 0 Å². The van der Waals surface area contributed by atoms with Gasteiger partial charge in [-0.05, 0) is 20.9 Å². The molecule has 1 aliphatic heterocycles. The van der Waals surface area contributed by atoms with Crippen LogP contribution in [-0.4, -0.2) is 65.7 Å². The molecule has 1 unspecified atom stereocenters. The maximum Gasteiger partial charge on any atom is 0.251 e. The van der Waals surface area contributed by atoms with E-state index in [0.717, 1.165) is 38.5 Å². The van der Waals surface area contributed by atoms with Crippen LogP contribution in [0.1, 0.15) is 18.4 Å². The van der Waals surface area contributed by atoms with Crippen LogP contribution in [0.5, 0.6) is 0 Å². The number of aromatic amines is 1. The Morgan fingerprint density at radius 3 is 2.85 bits per heavy atom. The molecule has 1 fully saturated rings. The second-order valence-electron chi connectivity index (χ2n) is 5.52. The molecule has 2 heterocycles. The zero-order valence-corrected chi connectivity index (χ0v) is 12.6. The maximum absolute atomic E-state index is 11.4. The maximum atomic E-state index is 11.4. The van der Waals surface area contributed by atoms with E-state index in [1.54, 1.807) is 13.0 Å². The van der Waals surface area contributed by atoms with E-state index in [0.29, 0.717) is 18.4 Å². The zero-order valence-electron chi connectivity index (χ0n) is 12.6. The second kappa shape index (κ2) is 6.97. The van der Waals surface area contributed by atoms with Crippen molar-refractivity contribution in [2.24, 2.45) is 0 Å². The highest BCUT2D eigenvalue weighted by molar-refractivity contribution is 5.01. The Balaban J connectivity index is 1.87. The van der Waals surface area contributed by atoms with Crippen molar-refractivity contribution >= 4 is 0 Å². The first-order valence-corrected chi connectivity index (χ1v) is 7.12. The quantitative estimate of drug-likeness (QED) is 0.836. The number of aryl methyl sites for hydroxylation is 1. The number of likely N-dealkylation sites (N-methyl/N-ethyl adjacent to an activating group) is 1. The summed E-state index contributed by atoms with van der Waals surface area (Å²) in [5.41, 5.74) is 0.741. The summed E-state index contributed by atoms with van der Waals surface area (Å²) in [6.07, 6.45) is 0. The highest BCUT2D eigenvalue weighted by Gasteiger charge is 2.18.